The van der Waals surface area contributed by atoms with Gasteiger partial charge in [-0.1, -0.05) is 25.3 Å². The van der Waals surface area contributed by atoms with E-state index in [0.29, 0.717) is 10.6 Å². The smallest absolute Gasteiger partial charge is 0.393 e. The Hall–Kier alpha value is -3.02. The predicted octanol–water partition coefficient (Wildman–Crippen LogP) is 3.54. The van der Waals surface area contributed by atoms with Crippen LogP contribution in [0, 0.1) is 0 Å². The quantitative estimate of drug-likeness (QED) is 0.353. The normalized spacial score (nSPS) is 16.0. The summed E-state index contributed by atoms with van der Waals surface area (Å²) in [6, 6.07) is 4.04. The van der Waals surface area contributed by atoms with Crippen molar-refractivity contribution < 1.29 is 22.0 Å². The molecule has 1 aliphatic rings. The molecule has 0 bridgehead atoms. The number of nitrogens with two attached hydrogens (primary N) is 2. The summed E-state index contributed by atoms with van der Waals surface area (Å²) in [7, 11) is 1.20. The summed E-state index contributed by atoms with van der Waals surface area (Å²) >= 11 is 0. The molecule has 0 unspecified atom stereocenters. The molecule has 34 heavy (non-hydrogen) atoms. The molecule has 186 valence electrons. The van der Waals surface area contributed by atoms with E-state index in [0.717, 1.165) is 36.8 Å². The first-order valence-electron chi connectivity index (χ1n) is 10.9. The maximum absolute atomic E-state index is 13.6. The van der Waals surface area contributed by atoms with Crippen LogP contribution >= 0.6 is 0 Å². The monoisotopic (exact) mass is 486 g/mol. The molecule has 7 nitrogen and oxygen atoms in total. The highest BCUT2D eigenvalue weighted by molar-refractivity contribution is 5.63. The third kappa shape index (κ3) is 6.10. The van der Waals surface area contributed by atoms with E-state index in [1.165, 1.54) is 31.4 Å². The fraction of sp³-hybridized carbons (Fsp3) is 0.500. The molecular formula is C22H27F5N6O. The molecule has 4 N–H and O–H groups in total. The molecule has 0 atom stereocenters. The third-order valence-corrected chi connectivity index (χ3v) is 5.86. The Labute approximate surface area is 193 Å². The third-order valence-electron chi connectivity index (χ3n) is 5.86. The Bertz CT molecular complexity index is 1080. The SMILES string of the molecule is CN(N)/C(=C(\N)c1cc(C2CCCCC2)c(=O)n(Cc2ncccc2CC(F)(F)F)n1)C(F)F. The van der Waals surface area contributed by atoms with Gasteiger partial charge in [0.1, 0.15) is 11.4 Å². The fourth-order valence-electron chi connectivity index (χ4n) is 4.23. The lowest BCUT2D eigenvalue weighted by atomic mass is 9.84. The number of nitrogens with zero attached hydrogens (tertiary/aromatic N) is 4. The first-order chi connectivity index (χ1) is 16.0. The standard InChI is InChI=1S/C22H27F5N6O/c1-32(29)19(20(23)24)18(28)16-10-15(13-6-3-2-4-7-13)21(34)33(31-16)12-17-14(8-5-9-30-17)11-22(25,26)27/h5,8-10,13,20H,2-4,6-7,11-12,28-29H2,1H3/b19-18-. The Morgan fingerprint density at radius 1 is 1.26 bits per heavy atom. The first kappa shape index (κ1) is 25.6. The van der Waals surface area contributed by atoms with E-state index in [-0.39, 0.29) is 29.4 Å². The van der Waals surface area contributed by atoms with Crippen LogP contribution in [0.2, 0.25) is 0 Å². The number of rotatable bonds is 7. The van der Waals surface area contributed by atoms with Crippen molar-refractivity contribution in [1.82, 2.24) is 19.8 Å². The van der Waals surface area contributed by atoms with E-state index in [1.807, 2.05) is 0 Å². The highest BCUT2D eigenvalue weighted by atomic mass is 19.4. The van der Waals surface area contributed by atoms with Gasteiger partial charge in [-0.05, 0) is 36.5 Å². The number of aromatic nitrogens is 3. The number of pyridine rings is 1. The first-order valence-corrected chi connectivity index (χ1v) is 10.9. The van der Waals surface area contributed by atoms with Crippen LogP contribution in [0.15, 0.2) is 34.9 Å². The number of hydrogen-bond acceptors (Lipinski definition) is 6. The zero-order chi connectivity index (χ0) is 25.0. The highest BCUT2D eigenvalue weighted by Gasteiger charge is 2.30. The number of allylic oxidation sites excluding steroid dienone is 1. The number of hydrazine groups is 1. The van der Waals surface area contributed by atoms with E-state index in [9.17, 15) is 26.7 Å². The minimum absolute atomic E-state index is 0.00810. The van der Waals surface area contributed by atoms with Crippen LogP contribution in [0.4, 0.5) is 22.0 Å². The van der Waals surface area contributed by atoms with Gasteiger partial charge in [-0.25, -0.2) is 19.3 Å². The summed E-state index contributed by atoms with van der Waals surface area (Å²) in [5.74, 6) is 5.40. The molecule has 0 saturated heterocycles. The molecule has 1 saturated carbocycles. The van der Waals surface area contributed by atoms with Crippen molar-refractivity contribution in [2.24, 2.45) is 11.6 Å². The molecule has 12 heteroatoms. The lowest BCUT2D eigenvalue weighted by Crippen LogP contribution is -2.34. The molecule has 2 aromatic heterocycles. The molecular weight excluding hydrogens is 459 g/mol. The van der Waals surface area contributed by atoms with Crippen LogP contribution in [0.5, 0.6) is 0 Å². The average molecular weight is 486 g/mol. The van der Waals surface area contributed by atoms with E-state index in [2.05, 4.69) is 10.1 Å². The predicted molar refractivity (Wildman–Crippen MR) is 116 cm³/mol. The summed E-state index contributed by atoms with van der Waals surface area (Å²) in [6.07, 6.45) is -3.12. The lowest BCUT2D eigenvalue weighted by Gasteiger charge is -2.23. The molecule has 2 aromatic rings. The van der Waals surface area contributed by atoms with Crippen LogP contribution in [0.25, 0.3) is 5.70 Å². The molecule has 0 aliphatic heterocycles. The van der Waals surface area contributed by atoms with Crippen LogP contribution in [0.3, 0.4) is 0 Å². The van der Waals surface area contributed by atoms with E-state index in [4.69, 9.17) is 11.6 Å². The van der Waals surface area contributed by atoms with Crippen molar-refractivity contribution in [2.75, 3.05) is 7.05 Å². The van der Waals surface area contributed by atoms with Gasteiger partial charge < -0.3 is 10.7 Å². The Kier molecular flexibility index (Phi) is 7.90. The molecule has 0 spiro atoms. The molecule has 1 fully saturated rings. The van der Waals surface area contributed by atoms with Gasteiger partial charge in [0.25, 0.3) is 12.0 Å². The molecule has 0 amide bonds. The van der Waals surface area contributed by atoms with Crippen LogP contribution in [-0.4, -0.2) is 39.4 Å². The van der Waals surface area contributed by atoms with Gasteiger partial charge in [-0.15, -0.1) is 0 Å². The summed E-state index contributed by atoms with van der Waals surface area (Å²) in [5, 5.41) is 4.81. The Morgan fingerprint density at radius 2 is 1.94 bits per heavy atom. The van der Waals surface area contributed by atoms with Crippen LogP contribution in [-0.2, 0) is 13.0 Å². The largest absolute Gasteiger partial charge is 0.395 e. The van der Waals surface area contributed by atoms with E-state index in [1.54, 1.807) is 0 Å². The topological polar surface area (TPSA) is 103 Å². The lowest BCUT2D eigenvalue weighted by molar-refractivity contribution is -0.127. The summed E-state index contributed by atoms with van der Waals surface area (Å²) in [5.41, 5.74) is 4.55. The Balaban J connectivity index is 2.15. The Morgan fingerprint density at radius 3 is 2.53 bits per heavy atom. The second-order valence-corrected chi connectivity index (χ2v) is 8.39. The van der Waals surface area contributed by atoms with Crippen LogP contribution in [0.1, 0.15) is 60.5 Å². The number of hydrogen-bond donors (Lipinski definition) is 2. The van der Waals surface area contributed by atoms with Crippen LogP contribution < -0.4 is 17.1 Å². The number of halogens is 5. The van der Waals surface area contributed by atoms with Gasteiger partial charge in [0.05, 0.1) is 24.4 Å². The number of alkyl halides is 5. The maximum atomic E-state index is 13.6. The molecule has 0 aromatic carbocycles. The zero-order valence-electron chi connectivity index (χ0n) is 18.7. The summed E-state index contributed by atoms with van der Waals surface area (Å²) in [4.78, 5) is 17.3. The van der Waals surface area contributed by atoms with Crippen molar-refractivity contribution in [1.29, 1.82) is 0 Å². The maximum Gasteiger partial charge on any atom is 0.393 e. The van der Waals surface area contributed by atoms with E-state index >= 15 is 0 Å². The molecule has 3 rings (SSSR count). The minimum Gasteiger partial charge on any atom is -0.395 e. The summed E-state index contributed by atoms with van der Waals surface area (Å²) < 4.78 is 67.3. The van der Waals surface area contributed by atoms with Crippen molar-refractivity contribution in [3.63, 3.8) is 0 Å². The summed E-state index contributed by atoms with van der Waals surface area (Å²) in [6.45, 7) is -0.367. The molecule has 2 heterocycles. The highest BCUT2D eigenvalue weighted by Crippen LogP contribution is 2.32. The zero-order valence-corrected chi connectivity index (χ0v) is 18.7. The van der Waals surface area contributed by atoms with Gasteiger partial charge in [0, 0.05) is 18.8 Å². The van der Waals surface area contributed by atoms with Gasteiger partial charge in [-0.2, -0.15) is 18.3 Å². The van der Waals surface area contributed by atoms with Gasteiger partial charge in [-0.3, -0.25) is 9.78 Å². The van der Waals surface area contributed by atoms with Crippen molar-refractivity contribution in [3.8, 4) is 0 Å². The minimum atomic E-state index is -4.48. The van der Waals surface area contributed by atoms with Gasteiger partial charge in [0.2, 0.25) is 0 Å². The van der Waals surface area contributed by atoms with Crippen molar-refractivity contribution >= 4 is 5.70 Å². The average Bonchev–Trinajstić information content (AvgIpc) is 2.75. The van der Waals surface area contributed by atoms with E-state index < -0.39 is 36.0 Å². The van der Waals surface area contributed by atoms with Gasteiger partial charge in [0.15, 0.2) is 0 Å². The second kappa shape index (κ2) is 10.5. The molecule has 0 radical (unpaired) electrons. The molecule has 1 aliphatic carbocycles. The van der Waals surface area contributed by atoms with Crippen molar-refractivity contribution in [3.05, 3.63) is 63.0 Å². The second-order valence-electron chi connectivity index (χ2n) is 8.39. The fourth-order valence-corrected chi connectivity index (χ4v) is 4.23. The van der Waals surface area contributed by atoms with Gasteiger partial charge >= 0.3 is 6.18 Å². The van der Waals surface area contributed by atoms with Crippen molar-refractivity contribution in [2.45, 2.75) is 63.6 Å².